The molecule has 2 fully saturated rings. The minimum atomic E-state index is -0.241. The average molecular weight is 438 g/mol. The van der Waals surface area contributed by atoms with Crippen LogP contribution in [0.3, 0.4) is 0 Å². The first-order valence-corrected chi connectivity index (χ1v) is 11.6. The van der Waals surface area contributed by atoms with E-state index in [1.807, 2.05) is 49.4 Å². The second-order valence-corrected chi connectivity index (χ2v) is 9.28. The second kappa shape index (κ2) is 8.29. The molecule has 6 heteroatoms. The van der Waals surface area contributed by atoms with Crippen LogP contribution >= 0.6 is 11.8 Å². The van der Waals surface area contributed by atoms with Crippen molar-refractivity contribution in [1.29, 1.82) is 0 Å². The Morgan fingerprint density at radius 1 is 1.19 bits per heavy atom. The number of nitrogens with one attached hydrogen (secondary N) is 1. The van der Waals surface area contributed by atoms with Crippen LogP contribution in [0.4, 0.5) is 0 Å². The van der Waals surface area contributed by atoms with Crippen LogP contribution in [0.5, 0.6) is 0 Å². The Hall–Kier alpha value is -2.37. The monoisotopic (exact) mass is 437 g/mol. The van der Waals surface area contributed by atoms with Crippen molar-refractivity contribution < 1.29 is 9.59 Å². The van der Waals surface area contributed by atoms with Gasteiger partial charge in [-0.1, -0.05) is 42.5 Å². The maximum atomic E-state index is 13.4. The van der Waals surface area contributed by atoms with Gasteiger partial charge < -0.3 is 10.2 Å². The highest BCUT2D eigenvalue weighted by atomic mass is 35.5. The molecular formula is C25H28ClN3O2. The van der Waals surface area contributed by atoms with Gasteiger partial charge >= 0.3 is 0 Å². The number of amides is 2. The zero-order valence-electron chi connectivity index (χ0n) is 17.8. The third kappa shape index (κ3) is 3.54. The Balaban J connectivity index is 1.44. The molecule has 1 N–H and O–H groups in total. The van der Waals surface area contributed by atoms with Crippen LogP contribution in [0.2, 0.25) is 0 Å². The van der Waals surface area contributed by atoms with Crippen LogP contribution in [0.25, 0.3) is 0 Å². The molecule has 3 aliphatic rings. The van der Waals surface area contributed by atoms with E-state index in [9.17, 15) is 9.59 Å². The van der Waals surface area contributed by atoms with Crippen molar-refractivity contribution in [2.24, 2.45) is 5.92 Å². The van der Waals surface area contributed by atoms with Crippen molar-refractivity contribution in [3.8, 4) is 0 Å². The summed E-state index contributed by atoms with van der Waals surface area (Å²) < 4.78 is 1.31. The largest absolute Gasteiger partial charge is 0.335 e. The van der Waals surface area contributed by atoms with Crippen molar-refractivity contribution in [1.82, 2.24) is 14.6 Å². The van der Waals surface area contributed by atoms with Crippen LogP contribution in [0.15, 0.2) is 48.5 Å². The molecular weight excluding hydrogens is 410 g/mol. The molecule has 2 aromatic rings. The van der Waals surface area contributed by atoms with Crippen molar-refractivity contribution in [3.05, 3.63) is 70.8 Å². The van der Waals surface area contributed by atoms with Gasteiger partial charge in [0.25, 0.3) is 5.91 Å². The molecule has 2 aromatic carbocycles. The maximum Gasteiger partial charge on any atom is 0.269 e. The standard InChI is InChI=1S/C25H28ClN3O2/c1-16(17-7-3-2-4-8-17)29(26)25(31)20-10-5-9-19-18(20)12-14-28-23(19)15-22-21(24(28)30)11-6-13-27-22/h2-5,7-10,16,21-23,27H,6,11-15H2,1H3/t16-,21-,22-,23+/m1/s1. The molecule has 0 spiro atoms. The van der Waals surface area contributed by atoms with Crippen molar-refractivity contribution in [2.45, 2.75) is 50.7 Å². The van der Waals surface area contributed by atoms with Gasteiger partial charge in [-0.05, 0) is 61.9 Å². The lowest BCUT2D eigenvalue weighted by Crippen LogP contribution is -2.57. The minimum Gasteiger partial charge on any atom is -0.335 e. The van der Waals surface area contributed by atoms with Crippen molar-refractivity contribution >= 4 is 23.6 Å². The summed E-state index contributed by atoms with van der Waals surface area (Å²) in [5.41, 5.74) is 3.80. The number of hydrogen-bond acceptors (Lipinski definition) is 3. The number of carbonyl (C=O) groups excluding carboxylic acids is 2. The highest BCUT2D eigenvalue weighted by molar-refractivity contribution is 6.24. The van der Waals surface area contributed by atoms with Gasteiger partial charge in [0.15, 0.2) is 0 Å². The van der Waals surface area contributed by atoms with E-state index in [1.165, 1.54) is 4.42 Å². The summed E-state index contributed by atoms with van der Waals surface area (Å²) in [5, 5.41) is 3.56. The maximum absolute atomic E-state index is 13.4. The molecule has 0 unspecified atom stereocenters. The van der Waals surface area contributed by atoms with E-state index in [1.54, 1.807) is 0 Å². The topological polar surface area (TPSA) is 52.7 Å². The van der Waals surface area contributed by atoms with Gasteiger partial charge in [-0.2, -0.15) is 0 Å². The number of halogens is 1. The van der Waals surface area contributed by atoms with Crippen molar-refractivity contribution in [2.75, 3.05) is 13.1 Å². The van der Waals surface area contributed by atoms with Gasteiger partial charge in [-0.25, -0.2) is 4.42 Å². The molecule has 4 atom stereocenters. The van der Waals surface area contributed by atoms with E-state index in [-0.39, 0.29) is 35.9 Å². The van der Waals surface area contributed by atoms with Crippen LogP contribution in [0, 0.1) is 5.92 Å². The van der Waals surface area contributed by atoms with Crippen LogP contribution in [-0.4, -0.2) is 40.3 Å². The molecule has 3 aliphatic heterocycles. The summed E-state index contributed by atoms with van der Waals surface area (Å²) in [7, 11) is 0. The summed E-state index contributed by atoms with van der Waals surface area (Å²) in [5.74, 6) is 0.188. The van der Waals surface area contributed by atoms with E-state index < -0.39 is 0 Å². The Kier molecular flexibility index (Phi) is 5.49. The molecule has 5 nitrogen and oxygen atoms in total. The number of nitrogens with zero attached hydrogens (tertiary/aromatic N) is 2. The number of carbonyl (C=O) groups is 2. The molecule has 2 amide bonds. The molecule has 0 aromatic heterocycles. The van der Waals surface area contributed by atoms with E-state index in [0.29, 0.717) is 18.5 Å². The quantitative estimate of drug-likeness (QED) is 0.730. The lowest BCUT2D eigenvalue weighted by Gasteiger charge is -2.48. The number of fused-ring (bicyclic) bond motifs is 4. The number of benzene rings is 2. The summed E-state index contributed by atoms with van der Waals surface area (Å²) in [6, 6.07) is 15.7. The predicted octanol–water partition coefficient (Wildman–Crippen LogP) is 4.24. The Bertz CT molecular complexity index is 996. The van der Waals surface area contributed by atoms with E-state index in [4.69, 9.17) is 11.8 Å². The molecule has 5 rings (SSSR count). The third-order valence-corrected chi connectivity index (χ3v) is 7.70. The van der Waals surface area contributed by atoms with E-state index in [0.717, 1.165) is 42.5 Å². The molecule has 0 saturated carbocycles. The van der Waals surface area contributed by atoms with E-state index in [2.05, 4.69) is 16.3 Å². The van der Waals surface area contributed by atoms with Gasteiger partial charge in [0, 0.05) is 29.9 Å². The lowest BCUT2D eigenvalue weighted by molar-refractivity contribution is -0.145. The lowest BCUT2D eigenvalue weighted by atomic mass is 9.76. The SMILES string of the molecule is C[C@H](c1ccccc1)N(Cl)C(=O)c1cccc2c1CCN1C(=O)[C@@H]3CCCN[C@@H]3C[C@@H]21. The fourth-order valence-electron chi connectivity index (χ4n) is 5.57. The van der Waals surface area contributed by atoms with Gasteiger partial charge in [0.2, 0.25) is 5.91 Å². The molecule has 0 aliphatic carbocycles. The number of rotatable bonds is 3. The molecule has 0 bridgehead atoms. The van der Waals surface area contributed by atoms with Crippen molar-refractivity contribution in [3.63, 3.8) is 0 Å². The first-order chi connectivity index (χ1) is 15.1. The van der Waals surface area contributed by atoms with Gasteiger partial charge in [-0.15, -0.1) is 0 Å². The Labute approximate surface area is 188 Å². The average Bonchev–Trinajstić information content (AvgIpc) is 2.83. The van der Waals surface area contributed by atoms with Crippen LogP contribution in [-0.2, 0) is 11.2 Å². The summed E-state index contributed by atoms with van der Waals surface area (Å²) >= 11 is 6.55. The minimum absolute atomic E-state index is 0.0335. The number of piperidine rings is 2. The predicted molar refractivity (Wildman–Crippen MR) is 121 cm³/mol. The highest BCUT2D eigenvalue weighted by Crippen LogP contribution is 2.42. The molecule has 31 heavy (non-hydrogen) atoms. The molecule has 0 radical (unpaired) electrons. The van der Waals surface area contributed by atoms with E-state index >= 15 is 0 Å². The smallest absolute Gasteiger partial charge is 0.269 e. The fourth-order valence-corrected chi connectivity index (χ4v) is 5.78. The Morgan fingerprint density at radius 3 is 2.81 bits per heavy atom. The summed E-state index contributed by atoms with van der Waals surface area (Å²) in [6.07, 6.45) is 3.64. The number of hydrogen-bond donors (Lipinski definition) is 1. The first-order valence-electron chi connectivity index (χ1n) is 11.3. The summed E-state index contributed by atoms with van der Waals surface area (Å²) in [4.78, 5) is 28.6. The van der Waals surface area contributed by atoms with Gasteiger partial charge in [0.1, 0.15) is 0 Å². The second-order valence-electron chi connectivity index (χ2n) is 8.92. The fraction of sp³-hybridized carbons (Fsp3) is 0.440. The molecule has 162 valence electrons. The highest BCUT2D eigenvalue weighted by Gasteiger charge is 2.45. The van der Waals surface area contributed by atoms with Gasteiger partial charge in [-0.3, -0.25) is 9.59 Å². The normalized spacial score (nSPS) is 25.8. The zero-order valence-corrected chi connectivity index (χ0v) is 18.5. The third-order valence-electron chi connectivity index (χ3n) is 7.26. The molecule has 2 saturated heterocycles. The Morgan fingerprint density at radius 2 is 2.00 bits per heavy atom. The van der Waals surface area contributed by atoms with Crippen LogP contribution in [0.1, 0.15) is 65.3 Å². The summed E-state index contributed by atoms with van der Waals surface area (Å²) in [6.45, 7) is 3.58. The molecule has 3 heterocycles. The van der Waals surface area contributed by atoms with Crippen LogP contribution < -0.4 is 5.32 Å². The first kappa shape index (κ1) is 20.5. The van der Waals surface area contributed by atoms with Gasteiger partial charge in [0.05, 0.1) is 18.0 Å². The zero-order chi connectivity index (χ0) is 21.5.